The largest absolute Gasteiger partial charge is 0.394 e. The van der Waals surface area contributed by atoms with E-state index in [9.17, 15) is 9.50 Å². The normalized spacial score (nSPS) is 34.7. The summed E-state index contributed by atoms with van der Waals surface area (Å²) in [5.74, 6) is 0.263. The number of hydrogen-bond acceptors (Lipinski definition) is 6. The van der Waals surface area contributed by atoms with Crippen LogP contribution in [0.5, 0.6) is 0 Å². The molecule has 1 saturated heterocycles. The number of ether oxygens (including phenoxy) is 1. The smallest absolute Gasteiger partial charge is 0.203 e. The molecule has 4 atom stereocenters. The topological polar surface area (TPSA) is 93.5 Å². The van der Waals surface area contributed by atoms with E-state index in [1.807, 2.05) is 0 Å². The van der Waals surface area contributed by atoms with E-state index in [1.54, 1.807) is 6.92 Å². The average Bonchev–Trinajstić information content (AvgIpc) is 2.56. The van der Waals surface area contributed by atoms with Crippen LogP contribution in [0, 0.1) is 11.7 Å². The predicted molar refractivity (Wildman–Crippen MR) is 68.7 cm³/mol. The summed E-state index contributed by atoms with van der Waals surface area (Å²) in [5, 5.41) is 18.9. The Bertz CT molecular complexity index is 548. The van der Waals surface area contributed by atoms with Crippen LogP contribution in [0.15, 0.2) is 6.20 Å². The molecule has 1 aromatic rings. The van der Waals surface area contributed by atoms with Gasteiger partial charge in [0.15, 0.2) is 11.9 Å². The highest BCUT2D eigenvalue weighted by atomic mass is 32.1. The van der Waals surface area contributed by atoms with Gasteiger partial charge in [0, 0.05) is 11.8 Å². The van der Waals surface area contributed by atoms with Crippen LogP contribution < -0.4 is 5.73 Å². The Hall–Kier alpha value is -1.09. The highest BCUT2D eigenvalue weighted by Gasteiger charge is 2.54. The van der Waals surface area contributed by atoms with Crippen molar-refractivity contribution in [3.05, 3.63) is 16.5 Å². The Labute approximate surface area is 114 Å². The number of halogens is 1. The van der Waals surface area contributed by atoms with Crippen molar-refractivity contribution in [2.24, 2.45) is 0 Å². The Morgan fingerprint density at radius 2 is 2.32 bits per heavy atom. The summed E-state index contributed by atoms with van der Waals surface area (Å²) in [4.78, 5) is 3.92. The Morgan fingerprint density at radius 3 is 2.84 bits per heavy atom. The Morgan fingerprint density at radius 1 is 1.68 bits per heavy atom. The molecule has 0 radical (unpaired) electrons. The van der Waals surface area contributed by atoms with Crippen LogP contribution >= 0.6 is 12.2 Å². The summed E-state index contributed by atoms with van der Waals surface area (Å²) < 4.78 is 21.3. The average molecular weight is 289 g/mol. The second-order valence-electron chi connectivity index (χ2n) is 4.80. The zero-order valence-corrected chi connectivity index (χ0v) is 11.4. The lowest BCUT2D eigenvalue weighted by atomic mass is 9.98. The lowest BCUT2D eigenvalue weighted by Crippen LogP contribution is -2.40. The van der Waals surface area contributed by atoms with Crippen molar-refractivity contribution in [2.45, 2.75) is 38.0 Å². The maximum Gasteiger partial charge on any atom is 0.203 e. The number of rotatable bonds is 2. The highest BCUT2D eigenvalue weighted by molar-refractivity contribution is 7.71. The second kappa shape index (κ2) is 4.78. The molecule has 0 bridgehead atoms. The molecule has 2 heterocycles. The summed E-state index contributed by atoms with van der Waals surface area (Å²) in [6.07, 6.45) is -2.07. The minimum atomic E-state index is -2.09. The molecule has 106 valence electrons. The molecule has 0 aromatic carbocycles. The van der Waals surface area contributed by atoms with Gasteiger partial charge in [-0.15, -0.1) is 0 Å². The molecule has 0 aliphatic carbocycles. The maximum atomic E-state index is 14.6. The van der Waals surface area contributed by atoms with E-state index >= 15 is 0 Å². The van der Waals surface area contributed by atoms with Crippen LogP contribution in [0.3, 0.4) is 0 Å². The minimum Gasteiger partial charge on any atom is -0.394 e. The molecule has 2 unspecified atom stereocenters. The number of nitrogens with zero attached hydrogens (tertiary/aromatic N) is 2. The van der Waals surface area contributed by atoms with Crippen LogP contribution in [-0.2, 0) is 4.74 Å². The molecule has 2 rings (SSSR count). The van der Waals surface area contributed by atoms with Gasteiger partial charge in [-0.3, -0.25) is 4.57 Å². The summed E-state index contributed by atoms with van der Waals surface area (Å²) in [6, 6.07) is 0. The lowest BCUT2D eigenvalue weighted by Gasteiger charge is -2.25. The maximum absolute atomic E-state index is 14.6. The van der Waals surface area contributed by atoms with Crippen molar-refractivity contribution in [3.63, 3.8) is 0 Å². The third-order valence-corrected chi connectivity index (χ3v) is 3.63. The summed E-state index contributed by atoms with van der Waals surface area (Å²) in [7, 11) is 0. The number of anilines is 1. The molecular formula is C11H16FN3O3S. The molecule has 0 spiro atoms. The summed E-state index contributed by atoms with van der Waals surface area (Å²) >= 11 is 5.03. The van der Waals surface area contributed by atoms with Crippen LogP contribution in [0.1, 0.15) is 18.7 Å². The summed E-state index contributed by atoms with van der Waals surface area (Å²) in [6.45, 7) is 2.43. The first kappa shape index (κ1) is 14.3. The molecule has 6 nitrogen and oxygen atoms in total. The van der Waals surface area contributed by atoms with Gasteiger partial charge in [0.25, 0.3) is 0 Å². The van der Waals surface area contributed by atoms with E-state index in [-0.39, 0.29) is 10.6 Å². The van der Waals surface area contributed by atoms with Crippen molar-refractivity contribution in [2.75, 3.05) is 12.3 Å². The van der Waals surface area contributed by atoms with Crippen molar-refractivity contribution < 1.29 is 19.3 Å². The molecular weight excluding hydrogens is 273 g/mol. The molecule has 1 fully saturated rings. The molecule has 1 aromatic heterocycles. The van der Waals surface area contributed by atoms with Crippen molar-refractivity contribution in [1.29, 1.82) is 0 Å². The Balaban J connectivity index is 2.48. The SMILES string of the molecule is Cc1cn([C@@H]2O[C@H](CO)C(O)C2(C)F)c(=S)nc1N. The molecule has 19 heavy (non-hydrogen) atoms. The monoisotopic (exact) mass is 289 g/mol. The number of aromatic nitrogens is 2. The third kappa shape index (κ3) is 2.25. The number of nitrogen functional groups attached to an aromatic ring is 1. The minimum absolute atomic E-state index is 0.0581. The quantitative estimate of drug-likeness (QED) is 0.686. The van der Waals surface area contributed by atoms with Gasteiger partial charge in [-0.1, -0.05) is 0 Å². The molecule has 4 N–H and O–H groups in total. The Kier molecular flexibility index (Phi) is 3.61. The number of aryl methyl sites for hydroxylation is 1. The van der Waals surface area contributed by atoms with Gasteiger partial charge < -0.3 is 20.7 Å². The fourth-order valence-corrected chi connectivity index (χ4v) is 2.36. The van der Waals surface area contributed by atoms with E-state index in [0.717, 1.165) is 0 Å². The number of aliphatic hydroxyl groups excluding tert-OH is 2. The standard InChI is InChI=1S/C11H16FN3O3S/c1-5-3-15(10(19)14-8(5)13)9-11(2,12)7(17)6(4-16)18-9/h3,6-7,9,16-17H,4H2,1-2H3,(H2,13,14,19)/t6-,7?,9-,11?/m1/s1. The zero-order chi connectivity index (χ0) is 14.4. The number of nitrogens with two attached hydrogens (primary N) is 1. The van der Waals surface area contributed by atoms with Crippen LogP contribution in [0.25, 0.3) is 0 Å². The molecule has 0 amide bonds. The van der Waals surface area contributed by atoms with Gasteiger partial charge in [-0.05, 0) is 26.1 Å². The fourth-order valence-electron chi connectivity index (χ4n) is 2.11. The van der Waals surface area contributed by atoms with E-state index in [2.05, 4.69) is 4.98 Å². The van der Waals surface area contributed by atoms with Crippen LogP contribution in [-0.4, -0.2) is 44.2 Å². The lowest BCUT2D eigenvalue weighted by molar-refractivity contribution is -0.0601. The first-order valence-electron chi connectivity index (χ1n) is 5.77. The first-order chi connectivity index (χ1) is 8.78. The van der Waals surface area contributed by atoms with Crippen molar-refractivity contribution in [3.8, 4) is 0 Å². The molecule has 1 aliphatic heterocycles. The van der Waals surface area contributed by atoms with E-state index < -0.39 is 30.7 Å². The van der Waals surface area contributed by atoms with E-state index in [0.29, 0.717) is 5.56 Å². The van der Waals surface area contributed by atoms with Crippen molar-refractivity contribution in [1.82, 2.24) is 9.55 Å². The zero-order valence-electron chi connectivity index (χ0n) is 10.6. The van der Waals surface area contributed by atoms with Gasteiger partial charge in [0.2, 0.25) is 4.77 Å². The van der Waals surface area contributed by atoms with Crippen molar-refractivity contribution >= 4 is 18.0 Å². The van der Waals surface area contributed by atoms with Crippen LogP contribution in [0.2, 0.25) is 0 Å². The predicted octanol–water partition coefficient (Wildman–Crippen LogP) is 0.482. The second-order valence-corrected chi connectivity index (χ2v) is 5.17. The van der Waals surface area contributed by atoms with Gasteiger partial charge in [0.1, 0.15) is 18.0 Å². The molecule has 1 aliphatic rings. The number of alkyl halides is 1. The summed E-state index contributed by atoms with van der Waals surface area (Å²) in [5.41, 5.74) is 4.15. The van der Waals surface area contributed by atoms with Gasteiger partial charge in [-0.2, -0.15) is 0 Å². The molecule has 0 saturated carbocycles. The highest BCUT2D eigenvalue weighted by Crippen LogP contribution is 2.41. The van der Waals surface area contributed by atoms with Gasteiger partial charge in [0.05, 0.1) is 6.61 Å². The van der Waals surface area contributed by atoms with Gasteiger partial charge >= 0.3 is 0 Å². The number of hydrogen-bond donors (Lipinski definition) is 3. The first-order valence-corrected chi connectivity index (χ1v) is 6.18. The number of aliphatic hydroxyl groups is 2. The fraction of sp³-hybridized carbons (Fsp3) is 0.636. The van der Waals surface area contributed by atoms with E-state index in [4.69, 9.17) is 27.8 Å². The molecule has 8 heteroatoms. The van der Waals surface area contributed by atoms with Crippen LogP contribution in [0.4, 0.5) is 10.2 Å². The third-order valence-electron chi connectivity index (χ3n) is 3.32. The van der Waals surface area contributed by atoms with E-state index in [1.165, 1.54) is 17.7 Å². The van der Waals surface area contributed by atoms with Gasteiger partial charge in [-0.25, -0.2) is 9.37 Å².